The van der Waals surface area contributed by atoms with Crippen LogP contribution in [0.15, 0.2) is 12.3 Å². The van der Waals surface area contributed by atoms with E-state index in [1.54, 1.807) is 24.0 Å². The fraction of sp³-hybridized carbons (Fsp3) is 0.250. The van der Waals surface area contributed by atoms with Gasteiger partial charge in [-0.2, -0.15) is 5.10 Å². The Bertz CT molecular complexity index is 608. The van der Waals surface area contributed by atoms with Gasteiger partial charge in [-0.25, -0.2) is 0 Å². The van der Waals surface area contributed by atoms with Crippen molar-refractivity contribution >= 4 is 17.4 Å². The molecule has 96 valence electrons. The topological polar surface area (TPSA) is 73.3 Å². The smallest absolute Gasteiger partial charge is 0.177 e. The van der Waals surface area contributed by atoms with E-state index in [-0.39, 0.29) is 10.8 Å². The molecule has 1 aromatic carbocycles. The average molecular weight is 268 g/mol. The molecular weight excluding hydrogens is 254 g/mol. The van der Waals surface area contributed by atoms with Crippen LogP contribution in [0.3, 0.4) is 0 Å². The molecular formula is C12H14ClN3O2. The average Bonchev–Trinajstić information content (AvgIpc) is 2.66. The molecule has 0 fully saturated rings. The predicted octanol–water partition coefficient (Wildman–Crippen LogP) is 2.35. The minimum Gasteiger partial charge on any atom is -0.503 e. The zero-order chi connectivity index (χ0) is 13.4. The lowest BCUT2D eigenvalue weighted by molar-refractivity contribution is 0.373. The standard InChI is InChI=1S/C12H14ClN3O2/c1-6-4-8(18-3)11(17)10(13)9(6)7-5-15-16(2)12(7)14/h4-5,17H,14H2,1-3H3. The number of aromatic hydroxyl groups is 1. The van der Waals surface area contributed by atoms with Crippen molar-refractivity contribution in [1.29, 1.82) is 0 Å². The number of phenolic OH excluding ortho intramolecular Hbond substituents is 1. The monoisotopic (exact) mass is 267 g/mol. The summed E-state index contributed by atoms with van der Waals surface area (Å²) < 4.78 is 6.59. The molecule has 0 bridgehead atoms. The highest BCUT2D eigenvalue weighted by atomic mass is 35.5. The zero-order valence-corrected chi connectivity index (χ0v) is 11.1. The molecule has 0 amide bonds. The number of hydrogen-bond acceptors (Lipinski definition) is 4. The number of halogens is 1. The van der Waals surface area contributed by atoms with Crippen LogP contribution in [0.4, 0.5) is 5.82 Å². The van der Waals surface area contributed by atoms with Crippen LogP contribution in [0.2, 0.25) is 5.02 Å². The number of anilines is 1. The summed E-state index contributed by atoms with van der Waals surface area (Å²) in [7, 11) is 3.22. The third-order valence-corrected chi connectivity index (χ3v) is 3.24. The first-order valence-corrected chi connectivity index (χ1v) is 5.69. The number of nitrogens with two attached hydrogens (primary N) is 1. The van der Waals surface area contributed by atoms with E-state index in [9.17, 15) is 5.11 Å². The molecule has 0 radical (unpaired) electrons. The molecule has 3 N–H and O–H groups in total. The van der Waals surface area contributed by atoms with Crippen LogP contribution in [0.5, 0.6) is 11.5 Å². The molecule has 18 heavy (non-hydrogen) atoms. The third kappa shape index (κ3) is 1.76. The van der Waals surface area contributed by atoms with E-state index < -0.39 is 0 Å². The molecule has 0 saturated heterocycles. The number of methoxy groups -OCH3 is 1. The van der Waals surface area contributed by atoms with Crippen molar-refractivity contribution in [2.45, 2.75) is 6.92 Å². The molecule has 0 unspecified atom stereocenters. The molecule has 0 aliphatic heterocycles. The second-order valence-electron chi connectivity index (χ2n) is 4.00. The van der Waals surface area contributed by atoms with Gasteiger partial charge >= 0.3 is 0 Å². The van der Waals surface area contributed by atoms with Gasteiger partial charge < -0.3 is 15.6 Å². The number of hydrogen-bond donors (Lipinski definition) is 2. The SMILES string of the molecule is COc1cc(C)c(-c2cnn(C)c2N)c(Cl)c1O. The van der Waals surface area contributed by atoms with E-state index in [4.69, 9.17) is 22.1 Å². The second-order valence-corrected chi connectivity index (χ2v) is 4.38. The Morgan fingerprint density at radius 3 is 2.67 bits per heavy atom. The molecule has 2 rings (SSSR count). The minimum atomic E-state index is -0.0944. The Balaban J connectivity index is 2.73. The van der Waals surface area contributed by atoms with Crippen LogP contribution < -0.4 is 10.5 Å². The van der Waals surface area contributed by atoms with Gasteiger partial charge in [-0.05, 0) is 18.6 Å². The number of aryl methyl sites for hydroxylation is 2. The zero-order valence-electron chi connectivity index (χ0n) is 10.4. The summed E-state index contributed by atoms with van der Waals surface area (Å²) in [6, 6.07) is 1.71. The quantitative estimate of drug-likeness (QED) is 0.876. The van der Waals surface area contributed by atoms with Crippen molar-refractivity contribution in [2.24, 2.45) is 7.05 Å². The van der Waals surface area contributed by atoms with Crippen molar-refractivity contribution in [2.75, 3.05) is 12.8 Å². The second kappa shape index (κ2) is 4.42. The maximum atomic E-state index is 9.94. The Morgan fingerprint density at radius 1 is 1.50 bits per heavy atom. The van der Waals surface area contributed by atoms with Crippen molar-refractivity contribution in [3.05, 3.63) is 22.8 Å². The summed E-state index contributed by atoms with van der Waals surface area (Å²) in [6.07, 6.45) is 1.62. The van der Waals surface area contributed by atoms with E-state index in [0.717, 1.165) is 5.56 Å². The lowest BCUT2D eigenvalue weighted by Gasteiger charge is -2.12. The van der Waals surface area contributed by atoms with Crippen molar-refractivity contribution in [1.82, 2.24) is 9.78 Å². The van der Waals surface area contributed by atoms with Gasteiger partial charge in [-0.15, -0.1) is 0 Å². The van der Waals surface area contributed by atoms with Crippen molar-refractivity contribution in [3.8, 4) is 22.6 Å². The fourth-order valence-corrected chi connectivity index (χ4v) is 2.21. The van der Waals surface area contributed by atoms with Crippen LogP contribution in [0, 0.1) is 6.92 Å². The number of nitrogen functional groups attached to an aromatic ring is 1. The van der Waals surface area contributed by atoms with E-state index in [1.807, 2.05) is 6.92 Å². The van der Waals surface area contributed by atoms with Gasteiger partial charge in [0.2, 0.25) is 0 Å². The van der Waals surface area contributed by atoms with Crippen LogP contribution in [-0.4, -0.2) is 22.0 Å². The third-order valence-electron chi connectivity index (χ3n) is 2.88. The molecule has 0 atom stereocenters. The van der Waals surface area contributed by atoms with Gasteiger partial charge in [0.15, 0.2) is 11.5 Å². The number of phenols is 1. The van der Waals surface area contributed by atoms with E-state index in [0.29, 0.717) is 22.7 Å². The summed E-state index contributed by atoms with van der Waals surface area (Å²) in [6.45, 7) is 1.87. The minimum absolute atomic E-state index is 0.0944. The molecule has 1 heterocycles. The van der Waals surface area contributed by atoms with Crippen molar-refractivity contribution in [3.63, 3.8) is 0 Å². The fourth-order valence-electron chi connectivity index (χ4n) is 1.86. The first kappa shape index (κ1) is 12.6. The lowest BCUT2D eigenvalue weighted by atomic mass is 10.0. The van der Waals surface area contributed by atoms with E-state index in [2.05, 4.69) is 5.10 Å². The van der Waals surface area contributed by atoms with E-state index >= 15 is 0 Å². The molecule has 6 heteroatoms. The Morgan fingerprint density at radius 2 is 2.17 bits per heavy atom. The van der Waals surface area contributed by atoms with Crippen LogP contribution in [0.1, 0.15) is 5.56 Å². The molecule has 0 spiro atoms. The molecule has 0 saturated carbocycles. The van der Waals surface area contributed by atoms with E-state index in [1.165, 1.54) is 7.11 Å². The van der Waals surface area contributed by atoms with Gasteiger partial charge in [-0.1, -0.05) is 11.6 Å². The van der Waals surface area contributed by atoms with Crippen LogP contribution in [0.25, 0.3) is 11.1 Å². The molecule has 0 aliphatic carbocycles. The number of ether oxygens (including phenoxy) is 1. The molecule has 5 nitrogen and oxygen atoms in total. The predicted molar refractivity (Wildman–Crippen MR) is 71.0 cm³/mol. The number of aromatic nitrogens is 2. The van der Waals surface area contributed by atoms with Crippen LogP contribution in [-0.2, 0) is 7.05 Å². The summed E-state index contributed by atoms with van der Waals surface area (Å²) in [4.78, 5) is 0. The molecule has 0 aliphatic rings. The maximum absolute atomic E-state index is 9.94. The van der Waals surface area contributed by atoms with Crippen molar-refractivity contribution < 1.29 is 9.84 Å². The Hall–Kier alpha value is -1.88. The number of nitrogens with zero attached hydrogens (tertiary/aromatic N) is 2. The first-order chi connectivity index (χ1) is 8.47. The van der Waals surface area contributed by atoms with Gasteiger partial charge in [0, 0.05) is 18.2 Å². The highest BCUT2D eigenvalue weighted by Gasteiger charge is 2.19. The highest BCUT2D eigenvalue weighted by Crippen LogP contribution is 2.44. The van der Waals surface area contributed by atoms with Gasteiger partial charge in [0.1, 0.15) is 5.82 Å². The summed E-state index contributed by atoms with van der Waals surface area (Å²) in [5, 5.41) is 14.2. The maximum Gasteiger partial charge on any atom is 0.177 e. The Kier molecular flexibility index (Phi) is 3.09. The number of rotatable bonds is 2. The Labute approximate surface area is 110 Å². The highest BCUT2D eigenvalue weighted by molar-refractivity contribution is 6.35. The summed E-state index contributed by atoms with van der Waals surface area (Å²) >= 11 is 6.18. The van der Waals surface area contributed by atoms with Gasteiger partial charge in [0.05, 0.1) is 18.3 Å². The van der Waals surface area contributed by atoms with Crippen LogP contribution >= 0.6 is 11.6 Å². The summed E-state index contributed by atoms with van der Waals surface area (Å²) in [5.74, 6) is 0.733. The lowest BCUT2D eigenvalue weighted by Crippen LogP contribution is -1.99. The number of benzene rings is 1. The first-order valence-electron chi connectivity index (χ1n) is 5.31. The largest absolute Gasteiger partial charge is 0.503 e. The van der Waals surface area contributed by atoms with Gasteiger partial charge in [-0.3, -0.25) is 4.68 Å². The molecule has 2 aromatic rings. The van der Waals surface area contributed by atoms with Gasteiger partial charge in [0.25, 0.3) is 0 Å². The summed E-state index contributed by atoms with van der Waals surface area (Å²) in [5.41, 5.74) is 8.14. The molecule has 1 aromatic heterocycles. The normalized spacial score (nSPS) is 10.7.